The molecule has 3 aromatic rings. The number of hydrogen-bond acceptors (Lipinski definition) is 6. The molecule has 162 valence electrons. The molecule has 31 heavy (non-hydrogen) atoms. The summed E-state index contributed by atoms with van der Waals surface area (Å²) in [5, 5.41) is 7.82. The molecule has 0 saturated carbocycles. The first-order valence-electron chi connectivity index (χ1n) is 10.7. The van der Waals surface area contributed by atoms with Gasteiger partial charge in [0.1, 0.15) is 5.75 Å². The first-order chi connectivity index (χ1) is 15.2. The lowest BCUT2D eigenvalue weighted by molar-refractivity contribution is -0.123. The molecule has 0 radical (unpaired) electrons. The van der Waals surface area contributed by atoms with Gasteiger partial charge in [0, 0.05) is 55.5 Å². The van der Waals surface area contributed by atoms with E-state index in [1.165, 1.54) is 11.3 Å². The van der Waals surface area contributed by atoms with Crippen LogP contribution in [-0.2, 0) is 16.0 Å². The number of rotatable bonds is 7. The van der Waals surface area contributed by atoms with Crippen molar-refractivity contribution in [2.75, 3.05) is 33.9 Å². The minimum atomic E-state index is 0.0484. The Kier molecular flexibility index (Phi) is 5.33. The van der Waals surface area contributed by atoms with Crippen LogP contribution < -0.4 is 10.1 Å². The highest BCUT2D eigenvalue weighted by atomic mass is 16.5. The molecule has 2 aliphatic rings. The highest BCUT2D eigenvalue weighted by molar-refractivity contribution is 5.78. The third-order valence-electron chi connectivity index (χ3n) is 6.39. The van der Waals surface area contributed by atoms with E-state index in [9.17, 15) is 4.79 Å². The van der Waals surface area contributed by atoms with Gasteiger partial charge in [-0.1, -0.05) is 0 Å². The summed E-state index contributed by atoms with van der Waals surface area (Å²) in [4.78, 5) is 19.4. The third-order valence-corrected chi connectivity index (χ3v) is 6.39. The molecule has 1 saturated heterocycles. The molecule has 5 rings (SSSR count). The number of methoxy groups -OCH3 is 2. The maximum atomic E-state index is 12.4. The SMILES string of the molecule is COCCNC(=O)CN1[C@@H]2CC[C@@H]1c1cnc3cc(-c4ccc(OC)cc4)nn3c1C2. The van der Waals surface area contributed by atoms with Gasteiger partial charge in [0.25, 0.3) is 0 Å². The number of benzene rings is 1. The molecule has 0 unspecified atom stereocenters. The molecule has 2 atom stereocenters. The average Bonchev–Trinajstić information content (AvgIpc) is 3.34. The monoisotopic (exact) mass is 421 g/mol. The number of carbonyl (C=O) groups excluding carboxylic acids is 1. The lowest BCUT2D eigenvalue weighted by Crippen LogP contribution is -2.45. The second kappa shape index (κ2) is 8.28. The number of carbonyl (C=O) groups is 1. The van der Waals surface area contributed by atoms with Crippen LogP contribution in [0, 0.1) is 0 Å². The summed E-state index contributed by atoms with van der Waals surface area (Å²) >= 11 is 0. The molecule has 1 aromatic carbocycles. The standard InChI is InChI=1S/C23H27N5O3/c1-30-10-9-24-23(29)14-27-16-5-8-20(27)18-13-25-22-12-19(26-28(22)21(18)11-16)15-3-6-17(31-2)7-4-15/h3-4,6-7,12-13,16,20H,5,8-11,14H2,1-2H3,(H,24,29)/t16-,20-/m1/s1. The number of aromatic nitrogens is 3. The minimum absolute atomic E-state index is 0.0484. The smallest absolute Gasteiger partial charge is 0.234 e. The second-order valence-electron chi connectivity index (χ2n) is 8.15. The maximum Gasteiger partial charge on any atom is 0.234 e. The van der Waals surface area contributed by atoms with E-state index in [0.29, 0.717) is 25.7 Å². The highest BCUT2D eigenvalue weighted by Gasteiger charge is 2.42. The molecular weight excluding hydrogens is 394 g/mol. The zero-order valence-corrected chi connectivity index (χ0v) is 17.9. The summed E-state index contributed by atoms with van der Waals surface area (Å²) in [6.07, 6.45) is 4.98. The topological polar surface area (TPSA) is 81.0 Å². The third kappa shape index (κ3) is 3.66. The van der Waals surface area contributed by atoms with Crippen molar-refractivity contribution in [2.24, 2.45) is 0 Å². The van der Waals surface area contributed by atoms with Crippen LogP contribution in [0.4, 0.5) is 0 Å². The van der Waals surface area contributed by atoms with Gasteiger partial charge in [-0.3, -0.25) is 9.69 Å². The number of hydrogen-bond donors (Lipinski definition) is 1. The average molecular weight is 422 g/mol. The van der Waals surface area contributed by atoms with Gasteiger partial charge in [0.15, 0.2) is 5.65 Å². The van der Waals surface area contributed by atoms with Crippen LogP contribution >= 0.6 is 0 Å². The predicted octanol–water partition coefficient (Wildman–Crippen LogP) is 2.23. The van der Waals surface area contributed by atoms with E-state index in [4.69, 9.17) is 19.6 Å². The number of nitrogens with one attached hydrogen (secondary N) is 1. The fourth-order valence-corrected chi connectivity index (χ4v) is 4.85. The second-order valence-corrected chi connectivity index (χ2v) is 8.15. The van der Waals surface area contributed by atoms with Gasteiger partial charge >= 0.3 is 0 Å². The quantitative estimate of drug-likeness (QED) is 0.590. The Morgan fingerprint density at radius 2 is 2.06 bits per heavy atom. The van der Waals surface area contributed by atoms with E-state index in [1.807, 2.05) is 41.0 Å². The molecule has 8 nitrogen and oxygen atoms in total. The number of amides is 1. The highest BCUT2D eigenvalue weighted by Crippen LogP contribution is 2.43. The normalized spacial score (nSPS) is 20.1. The van der Waals surface area contributed by atoms with Crippen molar-refractivity contribution in [3.05, 3.63) is 47.8 Å². The summed E-state index contributed by atoms with van der Waals surface area (Å²) in [6.45, 7) is 1.48. The Hall–Kier alpha value is -2.97. The van der Waals surface area contributed by atoms with Gasteiger partial charge in [0.2, 0.25) is 5.91 Å². The fraction of sp³-hybridized carbons (Fsp3) is 0.435. The van der Waals surface area contributed by atoms with Crippen molar-refractivity contribution in [3.8, 4) is 17.0 Å². The number of ether oxygens (including phenoxy) is 2. The Bertz CT molecular complexity index is 1090. The van der Waals surface area contributed by atoms with Crippen LogP contribution in [0.2, 0.25) is 0 Å². The van der Waals surface area contributed by atoms with E-state index in [2.05, 4.69) is 10.2 Å². The first kappa shape index (κ1) is 20.0. The molecule has 0 spiro atoms. The lowest BCUT2D eigenvalue weighted by atomic mass is 9.99. The first-order valence-corrected chi connectivity index (χ1v) is 10.7. The summed E-state index contributed by atoms with van der Waals surface area (Å²) in [7, 11) is 3.30. The summed E-state index contributed by atoms with van der Waals surface area (Å²) in [5.74, 6) is 0.873. The lowest BCUT2D eigenvalue weighted by Gasteiger charge is -2.35. The zero-order chi connectivity index (χ0) is 21.4. The summed E-state index contributed by atoms with van der Waals surface area (Å²) in [6, 6.07) is 10.5. The molecule has 2 bridgehead atoms. The van der Waals surface area contributed by atoms with Crippen molar-refractivity contribution < 1.29 is 14.3 Å². The van der Waals surface area contributed by atoms with Crippen LogP contribution in [-0.4, -0.2) is 65.4 Å². The molecule has 8 heteroatoms. The Labute approximate surface area is 181 Å². The van der Waals surface area contributed by atoms with Gasteiger partial charge in [0.05, 0.1) is 31.6 Å². The molecule has 4 heterocycles. The van der Waals surface area contributed by atoms with Crippen molar-refractivity contribution in [1.82, 2.24) is 24.8 Å². The van der Waals surface area contributed by atoms with Crippen molar-refractivity contribution in [3.63, 3.8) is 0 Å². The van der Waals surface area contributed by atoms with E-state index >= 15 is 0 Å². The van der Waals surface area contributed by atoms with Crippen molar-refractivity contribution in [1.29, 1.82) is 0 Å². The molecule has 0 aliphatic carbocycles. The van der Waals surface area contributed by atoms with E-state index in [1.54, 1.807) is 14.2 Å². The molecule has 1 N–H and O–H groups in total. The van der Waals surface area contributed by atoms with Crippen molar-refractivity contribution >= 4 is 11.6 Å². The van der Waals surface area contributed by atoms with Gasteiger partial charge in [-0.2, -0.15) is 5.10 Å². The predicted molar refractivity (Wildman–Crippen MR) is 116 cm³/mol. The van der Waals surface area contributed by atoms with Crippen LogP contribution in [0.5, 0.6) is 5.75 Å². The number of nitrogens with zero attached hydrogens (tertiary/aromatic N) is 4. The molecule has 1 amide bonds. The van der Waals surface area contributed by atoms with E-state index in [-0.39, 0.29) is 11.9 Å². The zero-order valence-electron chi connectivity index (χ0n) is 17.9. The van der Waals surface area contributed by atoms with Crippen molar-refractivity contribution in [2.45, 2.75) is 31.3 Å². The van der Waals surface area contributed by atoms with Gasteiger partial charge < -0.3 is 14.8 Å². The van der Waals surface area contributed by atoms with Gasteiger partial charge in [-0.05, 0) is 37.1 Å². The fourth-order valence-electron chi connectivity index (χ4n) is 4.85. The van der Waals surface area contributed by atoms with Crippen LogP contribution in [0.1, 0.15) is 30.1 Å². The molecule has 2 aliphatic heterocycles. The van der Waals surface area contributed by atoms with Crippen LogP contribution in [0.25, 0.3) is 16.9 Å². The largest absolute Gasteiger partial charge is 0.497 e. The van der Waals surface area contributed by atoms with Crippen LogP contribution in [0.15, 0.2) is 36.5 Å². The van der Waals surface area contributed by atoms with E-state index < -0.39 is 0 Å². The Morgan fingerprint density at radius 3 is 2.84 bits per heavy atom. The minimum Gasteiger partial charge on any atom is -0.497 e. The van der Waals surface area contributed by atoms with Crippen LogP contribution in [0.3, 0.4) is 0 Å². The Balaban J connectivity index is 1.41. The van der Waals surface area contributed by atoms with E-state index in [0.717, 1.165) is 41.9 Å². The molecule has 2 aromatic heterocycles. The number of fused-ring (bicyclic) bond motifs is 6. The molecule has 1 fully saturated rings. The van der Waals surface area contributed by atoms with Gasteiger partial charge in [-0.25, -0.2) is 9.50 Å². The maximum absolute atomic E-state index is 12.4. The molecular formula is C23H27N5O3. The summed E-state index contributed by atoms with van der Waals surface area (Å²) in [5.41, 5.74) is 5.20. The van der Waals surface area contributed by atoms with Gasteiger partial charge in [-0.15, -0.1) is 0 Å². The Morgan fingerprint density at radius 1 is 1.23 bits per heavy atom. The summed E-state index contributed by atoms with van der Waals surface area (Å²) < 4.78 is 12.3.